The number of carbonyl (C=O) groups excluding carboxylic acids is 1. The highest BCUT2D eigenvalue weighted by atomic mass is 35.5. The number of halogens is 1. The summed E-state index contributed by atoms with van der Waals surface area (Å²) < 4.78 is 6.41. The lowest BCUT2D eigenvalue weighted by Gasteiger charge is -2.45. The Morgan fingerprint density at radius 1 is 1.14 bits per heavy atom. The maximum absolute atomic E-state index is 12.5. The fourth-order valence-corrected chi connectivity index (χ4v) is 6.97. The molecule has 2 atom stereocenters. The van der Waals surface area contributed by atoms with Gasteiger partial charge in [-0.3, -0.25) is 4.79 Å². The number of benzene rings is 2. The first-order valence-corrected chi connectivity index (χ1v) is 15.3. The van der Waals surface area contributed by atoms with Crippen molar-refractivity contribution >= 4 is 39.8 Å². The number of hydrogen-bond donors (Lipinski definition) is 0. The van der Waals surface area contributed by atoms with Crippen LogP contribution in [0.15, 0.2) is 49.1 Å². The van der Waals surface area contributed by atoms with Crippen molar-refractivity contribution in [2.75, 3.05) is 56.7 Å². The number of anilines is 2. The average molecular weight is 589 g/mol. The minimum Gasteiger partial charge on any atom is -0.463 e. The number of aromatic nitrogens is 2. The Morgan fingerprint density at radius 3 is 2.62 bits per heavy atom. The Bertz CT molecular complexity index is 1500. The molecule has 1 aliphatic carbocycles. The van der Waals surface area contributed by atoms with Gasteiger partial charge in [-0.25, -0.2) is 0 Å². The van der Waals surface area contributed by atoms with Crippen LogP contribution in [0.1, 0.15) is 37.9 Å². The lowest BCUT2D eigenvalue weighted by molar-refractivity contribution is -0.128. The Balaban J connectivity index is 1.35. The van der Waals surface area contributed by atoms with Crippen LogP contribution in [-0.2, 0) is 17.8 Å². The second kappa shape index (κ2) is 11.4. The van der Waals surface area contributed by atoms with Crippen LogP contribution in [-0.4, -0.2) is 84.6 Å². The van der Waals surface area contributed by atoms with Gasteiger partial charge in [0.2, 0.25) is 5.91 Å². The topological polar surface area (TPSA) is 65.0 Å². The van der Waals surface area contributed by atoms with Crippen molar-refractivity contribution in [3.8, 4) is 6.01 Å². The largest absolute Gasteiger partial charge is 0.463 e. The van der Waals surface area contributed by atoms with Gasteiger partial charge in [-0.1, -0.05) is 42.4 Å². The fourth-order valence-electron chi connectivity index (χ4n) is 6.70. The van der Waals surface area contributed by atoms with Crippen LogP contribution < -0.4 is 14.5 Å². The minimum absolute atomic E-state index is 0.0252. The van der Waals surface area contributed by atoms with Crippen LogP contribution in [0.25, 0.3) is 10.8 Å². The van der Waals surface area contributed by atoms with Crippen LogP contribution in [0.4, 0.5) is 11.5 Å². The zero-order chi connectivity index (χ0) is 29.6. The zero-order valence-electron chi connectivity index (χ0n) is 25.1. The molecule has 3 aromatic rings. The zero-order valence-corrected chi connectivity index (χ0v) is 25.9. The van der Waals surface area contributed by atoms with E-state index in [0.717, 1.165) is 65.3 Å². The van der Waals surface area contributed by atoms with Crippen molar-refractivity contribution in [2.24, 2.45) is 5.41 Å². The van der Waals surface area contributed by atoms with Crippen molar-refractivity contribution in [1.82, 2.24) is 19.8 Å². The molecule has 2 fully saturated rings. The number of fused-ring (bicyclic) bond motifs is 2. The fraction of sp³-hybridized carbons (Fsp3) is 0.485. The standard InChI is InChI=1S/C33H41ClN6O2/c1-6-29(41)39-17-23(3)40(18-22(39)2)31-25-13-16-38(28-12-8-10-24-9-7-11-26(34)30(24)28)19-27(25)35-32(36-31)42-21-33(14-15-33)20-37(4)5/h6-12,22-23H,1,13-21H2,2-5H3/t22-,23+/m1/s1. The summed E-state index contributed by atoms with van der Waals surface area (Å²) in [6.45, 7) is 12.3. The second-order valence-electron chi connectivity index (χ2n) is 12.6. The normalized spacial score (nSPS) is 21.4. The molecule has 0 spiro atoms. The van der Waals surface area contributed by atoms with E-state index in [0.29, 0.717) is 32.3 Å². The first kappa shape index (κ1) is 28.7. The van der Waals surface area contributed by atoms with Crippen molar-refractivity contribution < 1.29 is 9.53 Å². The van der Waals surface area contributed by atoms with E-state index in [9.17, 15) is 4.79 Å². The number of ether oxygens (including phenoxy) is 1. The quantitative estimate of drug-likeness (QED) is 0.336. The molecule has 1 amide bonds. The molecule has 0 unspecified atom stereocenters. The molecular weight excluding hydrogens is 548 g/mol. The summed E-state index contributed by atoms with van der Waals surface area (Å²) in [6.07, 6.45) is 4.54. The molecule has 3 aliphatic rings. The maximum atomic E-state index is 12.5. The molecule has 0 bridgehead atoms. The van der Waals surface area contributed by atoms with Gasteiger partial charge in [-0.2, -0.15) is 9.97 Å². The Morgan fingerprint density at radius 2 is 1.90 bits per heavy atom. The summed E-state index contributed by atoms with van der Waals surface area (Å²) in [5.74, 6) is 0.913. The summed E-state index contributed by atoms with van der Waals surface area (Å²) in [5.41, 5.74) is 3.45. The minimum atomic E-state index is -0.0252. The molecule has 2 aromatic carbocycles. The van der Waals surface area contributed by atoms with Crippen molar-refractivity contribution in [1.29, 1.82) is 0 Å². The molecule has 8 nitrogen and oxygen atoms in total. The van der Waals surface area contributed by atoms with Gasteiger partial charge < -0.3 is 24.3 Å². The number of nitrogens with zero attached hydrogens (tertiary/aromatic N) is 6. The van der Waals surface area contributed by atoms with Crippen LogP contribution in [0.5, 0.6) is 6.01 Å². The van der Waals surface area contributed by atoms with E-state index in [1.807, 2.05) is 17.0 Å². The van der Waals surface area contributed by atoms with E-state index >= 15 is 0 Å². The summed E-state index contributed by atoms with van der Waals surface area (Å²) >= 11 is 6.72. The van der Waals surface area contributed by atoms with Gasteiger partial charge in [-0.15, -0.1) is 0 Å². The molecular formula is C33H41ClN6O2. The van der Waals surface area contributed by atoms with E-state index in [-0.39, 0.29) is 23.4 Å². The van der Waals surface area contributed by atoms with Gasteiger partial charge in [-0.05, 0) is 70.8 Å². The average Bonchev–Trinajstić information content (AvgIpc) is 3.74. The van der Waals surface area contributed by atoms with E-state index in [1.54, 1.807) is 0 Å². The SMILES string of the molecule is C=CC(=O)N1C[C@H](C)N(c2nc(OCC3(CN(C)C)CC3)nc3c2CCN(c2cccc4cccc(Cl)c24)C3)C[C@H]1C. The van der Waals surface area contributed by atoms with E-state index in [1.165, 1.54) is 11.6 Å². The van der Waals surface area contributed by atoms with Gasteiger partial charge in [0.15, 0.2) is 0 Å². The lowest BCUT2D eigenvalue weighted by atomic mass is 10.0. The summed E-state index contributed by atoms with van der Waals surface area (Å²) in [5, 5.41) is 2.95. The molecule has 3 heterocycles. The third-order valence-corrected chi connectivity index (χ3v) is 9.34. The molecule has 42 heavy (non-hydrogen) atoms. The van der Waals surface area contributed by atoms with Crippen molar-refractivity contribution in [3.05, 3.63) is 65.3 Å². The maximum Gasteiger partial charge on any atom is 0.318 e. The van der Waals surface area contributed by atoms with Crippen LogP contribution in [0.2, 0.25) is 5.02 Å². The molecule has 6 rings (SSSR count). The molecule has 222 valence electrons. The Kier molecular flexibility index (Phi) is 7.79. The molecule has 1 saturated carbocycles. The third kappa shape index (κ3) is 5.54. The third-order valence-electron chi connectivity index (χ3n) is 9.03. The number of rotatable bonds is 8. The second-order valence-corrected chi connectivity index (χ2v) is 13.0. The highest BCUT2D eigenvalue weighted by molar-refractivity contribution is 6.36. The smallest absolute Gasteiger partial charge is 0.318 e. The number of hydrogen-bond acceptors (Lipinski definition) is 7. The van der Waals surface area contributed by atoms with Crippen molar-refractivity contribution in [2.45, 2.75) is 51.7 Å². The molecule has 0 N–H and O–H groups in total. The van der Waals surface area contributed by atoms with E-state index < -0.39 is 0 Å². The highest BCUT2D eigenvalue weighted by Crippen LogP contribution is 2.46. The summed E-state index contributed by atoms with van der Waals surface area (Å²) in [7, 11) is 4.22. The van der Waals surface area contributed by atoms with Crippen molar-refractivity contribution in [3.63, 3.8) is 0 Å². The summed E-state index contributed by atoms with van der Waals surface area (Å²) in [4.78, 5) is 31.5. The number of piperazine rings is 1. The number of carbonyl (C=O) groups is 1. The summed E-state index contributed by atoms with van der Waals surface area (Å²) in [6, 6.07) is 13.0. The van der Waals surface area contributed by atoms with Gasteiger partial charge in [0.05, 0.1) is 23.9 Å². The molecule has 1 saturated heterocycles. The Labute approximate surface area is 253 Å². The van der Waals surface area contributed by atoms with E-state index in [4.69, 9.17) is 26.3 Å². The first-order valence-electron chi connectivity index (χ1n) is 15.0. The van der Waals surface area contributed by atoms with Crippen LogP contribution in [0.3, 0.4) is 0 Å². The molecule has 9 heteroatoms. The Hall–Kier alpha value is -3.36. The van der Waals surface area contributed by atoms with Gasteiger partial charge >= 0.3 is 6.01 Å². The van der Waals surface area contributed by atoms with Gasteiger partial charge in [0, 0.05) is 60.3 Å². The predicted octanol–water partition coefficient (Wildman–Crippen LogP) is 5.18. The predicted molar refractivity (Wildman–Crippen MR) is 170 cm³/mol. The van der Waals surface area contributed by atoms with Crippen LogP contribution in [0, 0.1) is 5.41 Å². The number of amides is 1. The molecule has 2 aliphatic heterocycles. The van der Waals surface area contributed by atoms with Crippen LogP contribution >= 0.6 is 11.6 Å². The lowest BCUT2D eigenvalue weighted by Crippen LogP contribution is -2.58. The molecule has 0 radical (unpaired) electrons. The monoisotopic (exact) mass is 588 g/mol. The molecule has 1 aromatic heterocycles. The first-order chi connectivity index (χ1) is 20.2. The highest BCUT2D eigenvalue weighted by Gasteiger charge is 2.44. The van der Waals surface area contributed by atoms with Gasteiger partial charge in [0.1, 0.15) is 5.82 Å². The van der Waals surface area contributed by atoms with Gasteiger partial charge in [0.25, 0.3) is 0 Å². The van der Waals surface area contributed by atoms with E-state index in [2.05, 4.69) is 73.5 Å².